The lowest BCUT2D eigenvalue weighted by Gasteiger charge is -2.16. The van der Waals surface area contributed by atoms with Gasteiger partial charge in [-0.15, -0.1) is 0 Å². The number of hydrogen-bond acceptors (Lipinski definition) is 1. The highest BCUT2D eigenvalue weighted by Gasteiger charge is 2.24. The Labute approximate surface area is 53.3 Å². The summed E-state index contributed by atoms with van der Waals surface area (Å²) in [6.07, 6.45) is 0.979. The van der Waals surface area contributed by atoms with Crippen LogP contribution in [0.3, 0.4) is 0 Å². The van der Waals surface area contributed by atoms with Gasteiger partial charge in [0, 0.05) is 5.41 Å². The second-order valence-corrected chi connectivity index (χ2v) is 2.19. The molecule has 0 aromatic rings. The zero-order valence-corrected chi connectivity index (χ0v) is 5.19. The Morgan fingerprint density at radius 2 is 2.00 bits per heavy atom. The fourth-order valence-corrected chi connectivity index (χ4v) is 0.269. The molecule has 0 aromatic carbocycles. The van der Waals surface area contributed by atoms with Gasteiger partial charge >= 0.3 is 0 Å². The van der Waals surface area contributed by atoms with Crippen LogP contribution < -0.4 is 0 Å². The second kappa shape index (κ2) is 3.39. The largest absolute Gasteiger partial charge is 0.250 e. The first kappa shape index (κ1) is 8.35. The lowest BCUT2D eigenvalue weighted by Crippen LogP contribution is -2.21. The summed E-state index contributed by atoms with van der Waals surface area (Å²) in [5.74, 6) is 0. The molecule has 1 nitrogen and oxygen atoms in total. The molecule has 0 N–H and O–H groups in total. The molecule has 0 aromatic heterocycles. The molecule has 0 atom stereocenters. The summed E-state index contributed by atoms with van der Waals surface area (Å²) in [5, 5.41) is 8.03. The van der Waals surface area contributed by atoms with Gasteiger partial charge in [0.1, 0.15) is 0 Å². The maximum absolute atomic E-state index is 11.8. The number of nitrogens with zero attached hydrogens (tertiary/aromatic N) is 1. The normalized spacial score (nSPS) is 10.9. The Balaban J connectivity index is 3.80. The minimum atomic E-state index is -1.19. The molecule has 0 heterocycles. The molecule has 51 valence electrons. The van der Waals surface area contributed by atoms with Gasteiger partial charge in [-0.3, -0.25) is 8.78 Å². The Morgan fingerprint density at radius 3 is 2.11 bits per heavy atom. The van der Waals surface area contributed by atoms with Crippen molar-refractivity contribution in [1.29, 1.82) is 5.26 Å². The highest BCUT2D eigenvalue weighted by Crippen LogP contribution is 2.20. The topological polar surface area (TPSA) is 23.8 Å². The Kier molecular flexibility index (Phi) is 3.15. The molecule has 1 radical (unpaired) electrons. The van der Waals surface area contributed by atoms with Crippen LogP contribution in [0.4, 0.5) is 8.78 Å². The van der Waals surface area contributed by atoms with Gasteiger partial charge in [0.05, 0.1) is 25.8 Å². The van der Waals surface area contributed by atoms with E-state index >= 15 is 0 Å². The summed E-state index contributed by atoms with van der Waals surface area (Å²) in [6.45, 7) is -0.287. The van der Waals surface area contributed by atoms with Crippen LogP contribution in [0.2, 0.25) is 0 Å². The fraction of sp³-hybridized carbons (Fsp3) is 0.667. The minimum absolute atomic E-state index is 0.822. The van der Waals surface area contributed by atoms with Crippen LogP contribution in [-0.4, -0.2) is 13.3 Å². The summed E-state index contributed by atoms with van der Waals surface area (Å²) in [7, 11) is 0. The second-order valence-electron chi connectivity index (χ2n) is 2.19. The first-order chi connectivity index (χ1) is 4.18. The number of hydrogen-bond donors (Lipinski definition) is 0. The van der Waals surface area contributed by atoms with Gasteiger partial charge in [-0.1, -0.05) is 6.92 Å². The Morgan fingerprint density at radius 1 is 1.56 bits per heavy atom. The zero-order chi connectivity index (χ0) is 7.33. The predicted octanol–water partition coefficient (Wildman–Crippen LogP) is 1.66. The van der Waals surface area contributed by atoms with Crippen molar-refractivity contribution in [3.63, 3.8) is 0 Å². The van der Waals surface area contributed by atoms with E-state index in [1.165, 1.54) is 6.92 Å². The molecule has 0 unspecified atom stereocenters. The van der Waals surface area contributed by atoms with Crippen LogP contribution in [0.1, 0.15) is 6.92 Å². The third-order valence-electron chi connectivity index (χ3n) is 1.02. The van der Waals surface area contributed by atoms with E-state index in [2.05, 4.69) is 0 Å². The average Bonchev–Trinajstić information content (AvgIpc) is 1.89. The highest BCUT2D eigenvalue weighted by atomic mass is 19.1. The molecule has 0 saturated carbocycles. The molecule has 0 rings (SSSR count). The van der Waals surface area contributed by atoms with Crippen molar-refractivity contribution < 1.29 is 8.78 Å². The Hall–Kier alpha value is -0.650. The number of rotatable bonds is 3. The summed E-state index contributed by atoms with van der Waals surface area (Å²) in [6, 6.07) is 1.61. The van der Waals surface area contributed by atoms with Crippen LogP contribution >= 0.6 is 0 Å². The van der Waals surface area contributed by atoms with Crippen molar-refractivity contribution in [1.82, 2.24) is 0 Å². The zero-order valence-electron chi connectivity index (χ0n) is 5.19. The molecule has 0 spiro atoms. The van der Waals surface area contributed by atoms with Crippen molar-refractivity contribution in [2.45, 2.75) is 6.92 Å². The molecule has 0 saturated heterocycles. The van der Waals surface area contributed by atoms with Gasteiger partial charge < -0.3 is 0 Å². The lowest BCUT2D eigenvalue weighted by atomic mass is 9.91. The van der Waals surface area contributed by atoms with Gasteiger partial charge in [0.2, 0.25) is 0 Å². The number of nitriles is 1. The van der Waals surface area contributed by atoms with Crippen molar-refractivity contribution in [3.8, 4) is 6.07 Å². The van der Waals surface area contributed by atoms with E-state index in [1.807, 2.05) is 0 Å². The highest BCUT2D eigenvalue weighted by molar-refractivity contribution is 5.03. The number of alkyl halides is 2. The van der Waals surface area contributed by atoms with Gasteiger partial charge in [-0.05, 0) is 0 Å². The van der Waals surface area contributed by atoms with Crippen molar-refractivity contribution in [2.75, 3.05) is 13.3 Å². The van der Waals surface area contributed by atoms with E-state index < -0.39 is 18.8 Å². The number of halogens is 2. The van der Waals surface area contributed by atoms with Crippen LogP contribution in [-0.2, 0) is 0 Å². The average molecular weight is 132 g/mol. The van der Waals surface area contributed by atoms with Crippen LogP contribution in [0, 0.1) is 23.2 Å². The molecule has 0 amide bonds. The van der Waals surface area contributed by atoms with Crippen LogP contribution in [0.15, 0.2) is 0 Å². The predicted molar refractivity (Wildman–Crippen MR) is 30.0 cm³/mol. The summed E-state index contributed by atoms with van der Waals surface area (Å²) < 4.78 is 23.6. The summed E-state index contributed by atoms with van der Waals surface area (Å²) in [4.78, 5) is 0. The smallest absolute Gasteiger partial charge is 0.0986 e. The van der Waals surface area contributed by atoms with Gasteiger partial charge in [-0.2, -0.15) is 5.26 Å². The SMILES string of the molecule is CC([CH]C#N)(CF)CF. The molecular formula is C6H8F2N. The standard InChI is InChI=1S/C6H8F2N/c1-6(4-7,5-8)2-3-9/h2H,4-5H2,1H3. The molecule has 0 aliphatic carbocycles. The molecule has 9 heavy (non-hydrogen) atoms. The van der Waals surface area contributed by atoms with E-state index in [-0.39, 0.29) is 0 Å². The summed E-state index contributed by atoms with van der Waals surface area (Å²) in [5.41, 5.74) is -1.19. The van der Waals surface area contributed by atoms with E-state index in [9.17, 15) is 8.78 Å². The maximum atomic E-state index is 11.8. The van der Waals surface area contributed by atoms with Gasteiger partial charge in [-0.25, -0.2) is 0 Å². The third-order valence-corrected chi connectivity index (χ3v) is 1.02. The van der Waals surface area contributed by atoms with Gasteiger partial charge in [0.25, 0.3) is 0 Å². The van der Waals surface area contributed by atoms with Crippen molar-refractivity contribution >= 4 is 0 Å². The van der Waals surface area contributed by atoms with Crippen molar-refractivity contribution in [2.24, 2.45) is 5.41 Å². The third kappa shape index (κ3) is 2.41. The quantitative estimate of drug-likeness (QED) is 0.572. The minimum Gasteiger partial charge on any atom is -0.250 e. The molecule has 0 fully saturated rings. The van der Waals surface area contributed by atoms with Crippen LogP contribution in [0.25, 0.3) is 0 Å². The molecule has 0 aliphatic rings. The molecule has 3 heteroatoms. The fourth-order valence-electron chi connectivity index (χ4n) is 0.269. The maximum Gasteiger partial charge on any atom is 0.0986 e. The first-order valence-electron chi connectivity index (χ1n) is 2.54. The molecule has 0 bridgehead atoms. The Bertz CT molecular complexity index is 113. The van der Waals surface area contributed by atoms with E-state index in [0.717, 1.165) is 6.42 Å². The molecular weight excluding hydrogens is 124 g/mol. The van der Waals surface area contributed by atoms with E-state index in [1.54, 1.807) is 6.07 Å². The summed E-state index contributed by atoms with van der Waals surface area (Å²) >= 11 is 0. The van der Waals surface area contributed by atoms with Crippen LogP contribution in [0.5, 0.6) is 0 Å². The van der Waals surface area contributed by atoms with Gasteiger partial charge in [0.15, 0.2) is 0 Å². The monoisotopic (exact) mass is 132 g/mol. The lowest BCUT2D eigenvalue weighted by molar-refractivity contribution is 0.217. The molecule has 0 aliphatic heterocycles. The van der Waals surface area contributed by atoms with Crippen molar-refractivity contribution in [3.05, 3.63) is 6.42 Å². The van der Waals surface area contributed by atoms with E-state index in [0.29, 0.717) is 0 Å². The van der Waals surface area contributed by atoms with E-state index in [4.69, 9.17) is 5.26 Å². The first-order valence-corrected chi connectivity index (χ1v) is 2.54.